The zero-order valence-electron chi connectivity index (χ0n) is 11.6. The smallest absolute Gasteiger partial charge is 0.388 e. The Hall–Kier alpha value is -1.61. The minimum Gasteiger partial charge on any atom is -0.388 e. The first-order valence-corrected chi connectivity index (χ1v) is 5.80. The molecule has 0 atom stereocenters. The number of nitrogens with one attached hydrogen (secondary N) is 2. The predicted octanol–water partition coefficient (Wildman–Crippen LogP) is 1.74. The van der Waals surface area contributed by atoms with Crippen molar-refractivity contribution >= 4 is 11.6 Å². The van der Waals surface area contributed by atoms with Gasteiger partial charge in [0.2, 0.25) is 5.82 Å². The molecule has 0 fully saturated rings. The highest BCUT2D eigenvalue weighted by atomic mass is 19.4. The van der Waals surface area contributed by atoms with Crippen molar-refractivity contribution in [2.24, 2.45) is 5.84 Å². The van der Waals surface area contributed by atoms with Gasteiger partial charge in [-0.2, -0.15) is 13.2 Å². The maximum Gasteiger partial charge on any atom is 0.451 e. The average Bonchev–Trinajstić information content (AvgIpc) is 2.25. The van der Waals surface area contributed by atoms with E-state index in [1.54, 1.807) is 13.8 Å². The highest BCUT2D eigenvalue weighted by molar-refractivity contribution is 5.49. The maximum atomic E-state index is 12.7. The molecule has 114 valence electrons. The molecule has 0 aliphatic rings. The third kappa shape index (κ3) is 3.70. The fourth-order valence-corrected chi connectivity index (χ4v) is 1.19. The molecular formula is C11H18F3N5O. The summed E-state index contributed by atoms with van der Waals surface area (Å²) in [6.07, 6.45) is -4.69. The second-order valence-electron chi connectivity index (χ2n) is 5.41. The van der Waals surface area contributed by atoms with Crippen LogP contribution in [0.15, 0.2) is 6.07 Å². The number of nitrogen functional groups attached to an aromatic ring is 1. The first-order valence-electron chi connectivity index (χ1n) is 5.80. The summed E-state index contributed by atoms with van der Waals surface area (Å²) in [7, 11) is 0. The lowest BCUT2D eigenvalue weighted by molar-refractivity contribution is -0.144. The van der Waals surface area contributed by atoms with E-state index in [0.717, 1.165) is 0 Å². The number of hydrogen-bond donors (Lipinski definition) is 4. The van der Waals surface area contributed by atoms with Crippen LogP contribution in [-0.2, 0) is 6.18 Å². The largest absolute Gasteiger partial charge is 0.451 e. The van der Waals surface area contributed by atoms with E-state index in [9.17, 15) is 18.3 Å². The fourth-order valence-electron chi connectivity index (χ4n) is 1.19. The monoisotopic (exact) mass is 293 g/mol. The zero-order chi connectivity index (χ0) is 15.8. The van der Waals surface area contributed by atoms with E-state index >= 15 is 0 Å². The van der Waals surface area contributed by atoms with Gasteiger partial charge in [-0.05, 0) is 27.7 Å². The molecule has 1 heterocycles. The third-order valence-corrected chi connectivity index (χ3v) is 3.10. The minimum absolute atomic E-state index is 0.0904. The number of hydrogen-bond acceptors (Lipinski definition) is 6. The molecule has 1 rings (SSSR count). The lowest BCUT2D eigenvalue weighted by Crippen LogP contribution is -2.51. The Morgan fingerprint density at radius 2 is 1.60 bits per heavy atom. The van der Waals surface area contributed by atoms with Gasteiger partial charge in [0, 0.05) is 6.07 Å². The van der Waals surface area contributed by atoms with Crippen molar-refractivity contribution in [3.63, 3.8) is 0 Å². The van der Waals surface area contributed by atoms with Crippen LogP contribution in [0.2, 0.25) is 0 Å². The first kappa shape index (κ1) is 16.4. The zero-order valence-corrected chi connectivity index (χ0v) is 11.6. The van der Waals surface area contributed by atoms with E-state index in [1.165, 1.54) is 19.9 Å². The molecular weight excluding hydrogens is 275 g/mol. The number of aliphatic hydroxyl groups is 1. The van der Waals surface area contributed by atoms with Crippen LogP contribution in [0.1, 0.15) is 33.5 Å². The average molecular weight is 293 g/mol. The van der Waals surface area contributed by atoms with E-state index in [0.29, 0.717) is 0 Å². The molecule has 1 aromatic heterocycles. The third-order valence-electron chi connectivity index (χ3n) is 3.10. The van der Waals surface area contributed by atoms with Crippen LogP contribution in [0.4, 0.5) is 24.8 Å². The number of hydrazine groups is 1. The van der Waals surface area contributed by atoms with Gasteiger partial charge in [-0.25, -0.2) is 15.8 Å². The number of rotatable bonds is 4. The van der Waals surface area contributed by atoms with Crippen molar-refractivity contribution in [3.8, 4) is 0 Å². The van der Waals surface area contributed by atoms with E-state index in [2.05, 4.69) is 20.7 Å². The number of nitrogens with zero attached hydrogens (tertiary/aromatic N) is 2. The quantitative estimate of drug-likeness (QED) is 0.499. The number of halogens is 3. The van der Waals surface area contributed by atoms with Crippen molar-refractivity contribution in [2.75, 3.05) is 10.7 Å². The topological polar surface area (TPSA) is 96.1 Å². The number of nitrogens with two attached hydrogens (primary N) is 1. The van der Waals surface area contributed by atoms with Gasteiger partial charge in [0.1, 0.15) is 11.6 Å². The standard InChI is InChI=1S/C11H18F3N5O/c1-9(2,10(3,4)20)18-6-5-7(19-15)17-8(16-6)11(12,13)14/h5,20H,15H2,1-4H3,(H2,16,17,18,19). The van der Waals surface area contributed by atoms with Gasteiger partial charge in [0.05, 0.1) is 11.1 Å². The highest BCUT2D eigenvalue weighted by Gasteiger charge is 2.38. The van der Waals surface area contributed by atoms with Crippen LogP contribution >= 0.6 is 0 Å². The minimum atomic E-state index is -4.69. The Morgan fingerprint density at radius 1 is 1.10 bits per heavy atom. The van der Waals surface area contributed by atoms with E-state index in [4.69, 9.17) is 5.84 Å². The van der Waals surface area contributed by atoms with E-state index < -0.39 is 23.1 Å². The van der Waals surface area contributed by atoms with Gasteiger partial charge in [-0.1, -0.05) is 0 Å². The molecule has 1 aromatic rings. The molecule has 5 N–H and O–H groups in total. The molecule has 6 nitrogen and oxygen atoms in total. The molecule has 0 spiro atoms. The summed E-state index contributed by atoms with van der Waals surface area (Å²) < 4.78 is 38.0. The van der Waals surface area contributed by atoms with E-state index in [1.807, 2.05) is 0 Å². The van der Waals surface area contributed by atoms with Gasteiger partial charge in [0.15, 0.2) is 0 Å². The molecule has 0 aliphatic carbocycles. The summed E-state index contributed by atoms with van der Waals surface area (Å²) in [6, 6.07) is 1.22. The molecule has 0 radical (unpaired) electrons. The Balaban J connectivity index is 3.20. The van der Waals surface area contributed by atoms with Crippen LogP contribution in [-0.4, -0.2) is 26.2 Å². The highest BCUT2D eigenvalue weighted by Crippen LogP contribution is 2.30. The van der Waals surface area contributed by atoms with Crippen LogP contribution in [0.25, 0.3) is 0 Å². The molecule has 0 amide bonds. The van der Waals surface area contributed by atoms with Crippen molar-refractivity contribution < 1.29 is 18.3 Å². The molecule has 0 saturated carbocycles. The molecule has 0 unspecified atom stereocenters. The Labute approximate surface area is 114 Å². The summed E-state index contributed by atoms with van der Waals surface area (Å²) in [5.41, 5.74) is -0.0576. The summed E-state index contributed by atoms with van der Waals surface area (Å²) in [5.74, 6) is 3.51. The van der Waals surface area contributed by atoms with Crippen molar-refractivity contribution in [1.82, 2.24) is 9.97 Å². The Kier molecular flexibility index (Phi) is 4.16. The predicted molar refractivity (Wildman–Crippen MR) is 68.8 cm³/mol. The first-order chi connectivity index (χ1) is 8.87. The van der Waals surface area contributed by atoms with Gasteiger partial charge in [-0.3, -0.25) is 0 Å². The summed E-state index contributed by atoms with van der Waals surface area (Å²) in [4.78, 5) is 6.64. The molecule has 0 saturated heterocycles. The molecule has 0 aliphatic heterocycles. The number of alkyl halides is 3. The van der Waals surface area contributed by atoms with Gasteiger partial charge in [-0.15, -0.1) is 0 Å². The van der Waals surface area contributed by atoms with Gasteiger partial charge >= 0.3 is 6.18 Å². The van der Waals surface area contributed by atoms with Crippen LogP contribution in [0.5, 0.6) is 0 Å². The van der Waals surface area contributed by atoms with Crippen LogP contribution in [0.3, 0.4) is 0 Å². The van der Waals surface area contributed by atoms with Crippen LogP contribution in [0, 0.1) is 0 Å². The Bertz CT molecular complexity index is 482. The van der Waals surface area contributed by atoms with Crippen molar-refractivity contribution in [2.45, 2.75) is 45.0 Å². The summed E-state index contributed by atoms with van der Waals surface area (Å²) in [6.45, 7) is 6.34. The number of aromatic nitrogens is 2. The van der Waals surface area contributed by atoms with Crippen molar-refractivity contribution in [3.05, 3.63) is 11.9 Å². The lowest BCUT2D eigenvalue weighted by atomic mass is 9.86. The SMILES string of the molecule is CC(C)(O)C(C)(C)Nc1cc(NN)nc(C(F)(F)F)n1. The molecule has 0 aromatic carbocycles. The van der Waals surface area contributed by atoms with E-state index in [-0.39, 0.29) is 11.6 Å². The number of anilines is 2. The molecule has 0 bridgehead atoms. The Morgan fingerprint density at radius 3 is 2.00 bits per heavy atom. The normalized spacial score (nSPS) is 13.2. The van der Waals surface area contributed by atoms with Crippen molar-refractivity contribution in [1.29, 1.82) is 0 Å². The van der Waals surface area contributed by atoms with Gasteiger partial charge in [0.25, 0.3) is 0 Å². The maximum absolute atomic E-state index is 12.7. The van der Waals surface area contributed by atoms with Crippen LogP contribution < -0.4 is 16.6 Å². The fraction of sp³-hybridized carbons (Fsp3) is 0.636. The summed E-state index contributed by atoms with van der Waals surface area (Å²) >= 11 is 0. The summed E-state index contributed by atoms with van der Waals surface area (Å²) in [5, 5.41) is 12.7. The molecule has 20 heavy (non-hydrogen) atoms. The second kappa shape index (κ2) is 5.06. The molecule has 9 heteroatoms. The lowest BCUT2D eigenvalue weighted by Gasteiger charge is -2.38. The second-order valence-corrected chi connectivity index (χ2v) is 5.41. The van der Waals surface area contributed by atoms with Gasteiger partial charge < -0.3 is 15.8 Å².